The first-order chi connectivity index (χ1) is 8.11. The molecule has 0 saturated carbocycles. The van der Waals surface area contributed by atoms with Gasteiger partial charge in [0.25, 0.3) is 0 Å². The molecule has 4 nitrogen and oxygen atoms in total. The van der Waals surface area contributed by atoms with Crippen LogP contribution in [-0.2, 0) is 11.2 Å². The van der Waals surface area contributed by atoms with E-state index in [9.17, 15) is 9.90 Å². The molecule has 90 valence electrons. The van der Waals surface area contributed by atoms with Crippen molar-refractivity contribution in [1.29, 1.82) is 0 Å². The Morgan fingerprint density at radius 1 is 1.53 bits per heavy atom. The fraction of sp³-hybridized carbons (Fsp3) is 0.308. The van der Waals surface area contributed by atoms with Crippen LogP contribution in [0.25, 0.3) is 10.9 Å². The van der Waals surface area contributed by atoms with Crippen LogP contribution in [0.1, 0.15) is 12.5 Å². The molecule has 0 aliphatic rings. The first kappa shape index (κ1) is 11.7. The van der Waals surface area contributed by atoms with Crippen molar-refractivity contribution in [1.82, 2.24) is 10.3 Å². The number of aromatic amines is 1. The molecule has 1 aromatic heterocycles. The number of aromatic hydroxyl groups is 1. The summed E-state index contributed by atoms with van der Waals surface area (Å²) in [6.07, 6.45) is 2.54. The lowest BCUT2D eigenvalue weighted by atomic mass is 10.0. The lowest BCUT2D eigenvalue weighted by Crippen LogP contribution is -2.34. The topological polar surface area (TPSA) is 65.1 Å². The second kappa shape index (κ2) is 4.59. The highest BCUT2D eigenvalue weighted by molar-refractivity contribution is 5.86. The summed E-state index contributed by atoms with van der Waals surface area (Å²) in [7, 11) is 1.78. The Balaban J connectivity index is 2.33. The predicted molar refractivity (Wildman–Crippen MR) is 67.2 cm³/mol. The summed E-state index contributed by atoms with van der Waals surface area (Å²) >= 11 is 0. The van der Waals surface area contributed by atoms with Gasteiger partial charge in [0, 0.05) is 23.2 Å². The van der Waals surface area contributed by atoms with Crippen LogP contribution in [0.15, 0.2) is 24.4 Å². The Morgan fingerprint density at radius 2 is 2.29 bits per heavy atom. The molecule has 0 spiro atoms. The SMILES string of the molecule is CN[C@@H](Cc1c[nH]c2cc(O)ccc12)C(C)=O. The quantitative estimate of drug-likeness (QED) is 0.750. The number of H-pyrrole nitrogens is 1. The fourth-order valence-corrected chi connectivity index (χ4v) is 2.01. The maximum Gasteiger partial charge on any atom is 0.147 e. The van der Waals surface area contributed by atoms with Gasteiger partial charge < -0.3 is 15.4 Å². The molecule has 0 aliphatic heterocycles. The molecule has 3 N–H and O–H groups in total. The monoisotopic (exact) mass is 232 g/mol. The van der Waals surface area contributed by atoms with Crippen LogP contribution in [0.5, 0.6) is 5.75 Å². The summed E-state index contributed by atoms with van der Waals surface area (Å²) in [5.74, 6) is 0.364. The molecular formula is C13H16N2O2. The van der Waals surface area contributed by atoms with Crippen molar-refractivity contribution >= 4 is 16.7 Å². The lowest BCUT2D eigenvalue weighted by molar-refractivity contribution is -0.118. The summed E-state index contributed by atoms with van der Waals surface area (Å²) in [6.45, 7) is 1.59. The second-order valence-corrected chi connectivity index (χ2v) is 4.20. The Hall–Kier alpha value is -1.81. The summed E-state index contributed by atoms with van der Waals surface area (Å²) < 4.78 is 0. The van der Waals surface area contributed by atoms with Crippen LogP contribution in [0.3, 0.4) is 0 Å². The third kappa shape index (κ3) is 2.31. The number of carbonyl (C=O) groups is 1. The molecule has 1 heterocycles. The number of hydrogen-bond donors (Lipinski definition) is 3. The molecule has 1 atom stereocenters. The van der Waals surface area contributed by atoms with Crippen LogP contribution in [0.4, 0.5) is 0 Å². The highest BCUT2D eigenvalue weighted by atomic mass is 16.3. The molecule has 0 bridgehead atoms. The maximum atomic E-state index is 11.4. The molecule has 4 heteroatoms. The van der Waals surface area contributed by atoms with Crippen molar-refractivity contribution in [2.75, 3.05) is 7.05 Å². The number of ketones is 1. The number of rotatable bonds is 4. The van der Waals surface area contributed by atoms with Gasteiger partial charge in [0.1, 0.15) is 11.5 Å². The summed E-state index contributed by atoms with van der Waals surface area (Å²) in [5.41, 5.74) is 1.97. The second-order valence-electron chi connectivity index (χ2n) is 4.20. The minimum absolute atomic E-state index is 0.126. The van der Waals surface area contributed by atoms with Gasteiger partial charge in [0.2, 0.25) is 0 Å². The molecule has 2 aromatic rings. The van der Waals surface area contributed by atoms with Crippen molar-refractivity contribution in [3.05, 3.63) is 30.0 Å². The lowest BCUT2D eigenvalue weighted by Gasteiger charge is -2.11. The normalized spacial score (nSPS) is 12.8. The zero-order valence-electron chi connectivity index (χ0n) is 9.95. The summed E-state index contributed by atoms with van der Waals surface area (Å²) in [5, 5.41) is 13.4. The molecule has 0 amide bonds. The van der Waals surface area contributed by atoms with E-state index in [1.54, 1.807) is 26.1 Å². The first-order valence-electron chi connectivity index (χ1n) is 5.58. The van der Waals surface area contributed by atoms with E-state index >= 15 is 0 Å². The Bertz CT molecular complexity index is 545. The van der Waals surface area contributed by atoms with Gasteiger partial charge in [-0.2, -0.15) is 0 Å². The standard InChI is InChI=1S/C13H16N2O2/c1-8(16)12(14-2)5-9-7-15-13-6-10(17)3-4-11(9)13/h3-4,6-7,12,14-15,17H,5H2,1-2H3/t12-/m0/s1. The molecular weight excluding hydrogens is 216 g/mol. The van der Waals surface area contributed by atoms with Crippen LogP contribution in [0, 0.1) is 0 Å². The van der Waals surface area contributed by atoms with Gasteiger partial charge in [-0.1, -0.05) is 0 Å². The summed E-state index contributed by atoms with van der Waals surface area (Å²) in [4.78, 5) is 14.5. The molecule has 0 radical (unpaired) electrons. The van der Waals surface area contributed by atoms with Gasteiger partial charge in [-0.25, -0.2) is 0 Å². The summed E-state index contributed by atoms with van der Waals surface area (Å²) in [6, 6.07) is 5.04. The molecule has 0 aliphatic carbocycles. The van der Waals surface area contributed by atoms with E-state index in [-0.39, 0.29) is 17.6 Å². The number of nitrogens with one attached hydrogen (secondary N) is 2. The van der Waals surface area contributed by atoms with Gasteiger partial charge in [0.05, 0.1) is 6.04 Å². The van der Waals surface area contributed by atoms with Gasteiger partial charge in [0.15, 0.2) is 0 Å². The Morgan fingerprint density at radius 3 is 2.94 bits per heavy atom. The van der Waals surface area contributed by atoms with Gasteiger partial charge in [-0.3, -0.25) is 4.79 Å². The molecule has 0 fully saturated rings. The van der Waals surface area contributed by atoms with E-state index in [2.05, 4.69) is 10.3 Å². The minimum Gasteiger partial charge on any atom is -0.508 e. The van der Waals surface area contributed by atoms with Gasteiger partial charge in [-0.15, -0.1) is 0 Å². The smallest absolute Gasteiger partial charge is 0.147 e. The highest BCUT2D eigenvalue weighted by Gasteiger charge is 2.14. The van der Waals surface area contributed by atoms with E-state index in [4.69, 9.17) is 0 Å². The molecule has 0 unspecified atom stereocenters. The zero-order valence-corrected chi connectivity index (χ0v) is 9.95. The van der Waals surface area contributed by atoms with Crippen molar-refractivity contribution in [3.8, 4) is 5.75 Å². The highest BCUT2D eigenvalue weighted by Crippen LogP contribution is 2.23. The number of carbonyl (C=O) groups excluding carboxylic acids is 1. The maximum absolute atomic E-state index is 11.4. The predicted octanol–water partition coefficient (Wildman–Crippen LogP) is 1.59. The number of Topliss-reactive ketones (excluding diaryl/α,β-unsaturated/α-hetero) is 1. The zero-order chi connectivity index (χ0) is 12.4. The average molecular weight is 232 g/mol. The number of benzene rings is 1. The van der Waals surface area contributed by atoms with Gasteiger partial charge >= 0.3 is 0 Å². The van der Waals surface area contributed by atoms with E-state index in [1.807, 2.05) is 12.3 Å². The van der Waals surface area contributed by atoms with Crippen molar-refractivity contribution in [2.24, 2.45) is 0 Å². The third-order valence-corrected chi connectivity index (χ3v) is 3.01. The van der Waals surface area contributed by atoms with Crippen molar-refractivity contribution in [2.45, 2.75) is 19.4 Å². The fourth-order valence-electron chi connectivity index (χ4n) is 2.01. The van der Waals surface area contributed by atoms with Crippen LogP contribution in [0.2, 0.25) is 0 Å². The average Bonchev–Trinajstić information content (AvgIpc) is 2.67. The molecule has 0 saturated heterocycles. The minimum atomic E-state index is -0.164. The molecule has 2 rings (SSSR count). The van der Waals surface area contributed by atoms with Crippen LogP contribution in [-0.4, -0.2) is 29.0 Å². The van der Waals surface area contributed by atoms with Crippen molar-refractivity contribution in [3.63, 3.8) is 0 Å². The first-order valence-corrected chi connectivity index (χ1v) is 5.58. The number of aromatic nitrogens is 1. The van der Waals surface area contributed by atoms with Gasteiger partial charge in [-0.05, 0) is 38.1 Å². The Labute approximate surface area is 99.7 Å². The largest absolute Gasteiger partial charge is 0.508 e. The van der Waals surface area contributed by atoms with Crippen LogP contribution < -0.4 is 5.32 Å². The number of likely N-dealkylation sites (N-methyl/N-ethyl adjacent to an activating group) is 1. The number of fused-ring (bicyclic) bond motifs is 1. The van der Waals surface area contributed by atoms with Crippen molar-refractivity contribution < 1.29 is 9.90 Å². The number of phenolic OH excluding ortho intramolecular Hbond substituents is 1. The molecule has 1 aromatic carbocycles. The van der Waals surface area contributed by atoms with E-state index < -0.39 is 0 Å². The van der Waals surface area contributed by atoms with E-state index in [1.165, 1.54) is 0 Å². The van der Waals surface area contributed by atoms with Crippen LogP contribution >= 0.6 is 0 Å². The molecule has 17 heavy (non-hydrogen) atoms. The Kier molecular flexibility index (Phi) is 3.15. The number of hydrogen-bond acceptors (Lipinski definition) is 3. The third-order valence-electron chi connectivity index (χ3n) is 3.01. The van der Waals surface area contributed by atoms with E-state index in [0.29, 0.717) is 6.42 Å². The van der Waals surface area contributed by atoms with E-state index in [0.717, 1.165) is 16.5 Å². The number of phenols is 1.